The highest BCUT2D eigenvalue weighted by atomic mass is 16.5. The molecule has 1 aliphatic rings. The van der Waals surface area contributed by atoms with Crippen LogP contribution in [0.2, 0.25) is 0 Å². The number of aromatic nitrogens is 1. The second-order valence-corrected chi connectivity index (χ2v) is 6.14. The maximum atomic E-state index is 12.3. The summed E-state index contributed by atoms with van der Waals surface area (Å²) in [5.74, 6) is 1.45. The number of fused-ring (bicyclic) bond motifs is 1. The predicted octanol–water partition coefficient (Wildman–Crippen LogP) is 3.40. The number of allylic oxidation sites excluding steroid dienone is 2. The van der Waals surface area contributed by atoms with Gasteiger partial charge in [-0.1, -0.05) is 0 Å². The average Bonchev–Trinajstić information content (AvgIpc) is 3.20. The van der Waals surface area contributed by atoms with Crippen LogP contribution in [0.3, 0.4) is 0 Å². The molecule has 1 aliphatic heterocycles. The van der Waals surface area contributed by atoms with Crippen LogP contribution in [0, 0.1) is 6.92 Å². The van der Waals surface area contributed by atoms with Crippen molar-refractivity contribution in [1.29, 1.82) is 0 Å². The maximum Gasteiger partial charge on any atom is 0.311 e. The van der Waals surface area contributed by atoms with Gasteiger partial charge in [-0.05, 0) is 43.6 Å². The van der Waals surface area contributed by atoms with Crippen molar-refractivity contribution in [3.63, 3.8) is 0 Å². The van der Waals surface area contributed by atoms with Crippen LogP contribution in [0.1, 0.15) is 41.9 Å². The van der Waals surface area contributed by atoms with Crippen molar-refractivity contribution >= 4 is 11.8 Å². The minimum Gasteiger partial charge on any atom is -0.479 e. The van der Waals surface area contributed by atoms with E-state index in [2.05, 4.69) is 5.16 Å². The first-order valence-electron chi connectivity index (χ1n) is 8.14. The van der Waals surface area contributed by atoms with Crippen molar-refractivity contribution < 1.29 is 28.3 Å². The Hall–Kier alpha value is -3.09. The lowest BCUT2D eigenvalue weighted by atomic mass is 10.1. The van der Waals surface area contributed by atoms with Crippen LogP contribution in [0.25, 0.3) is 0 Å². The second kappa shape index (κ2) is 7.03. The molecule has 0 spiro atoms. The molecule has 3 rings (SSSR count). The summed E-state index contributed by atoms with van der Waals surface area (Å²) in [5, 5.41) is 3.68. The molecule has 0 unspecified atom stereocenters. The Bertz CT molecular complexity index is 905. The molecule has 7 nitrogen and oxygen atoms in total. The first-order valence-corrected chi connectivity index (χ1v) is 8.14. The lowest BCUT2D eigenvalue weighted by Gasteiger charge is -2.10. The Kier molecular flexibility index (Phi) is 4.79. The summed E-state index contributed by atoms with van der Waals surface area (Å²) in [7, 11) is 1.49. The van der Waals surface area contributed by atoms with Crippen LogP contribution in [-0.2, 0) is 11.2 Å². The normalized spacial score (nSPS) is 12.6. The molecule has 0 aliphatic carbocycles. The number of esters is 1. The molecule has 2 aromatic rings. The zero-order valence-corrected chi connectivity index (χ0v) is 15.0. The number of hydrogen-bond donors (Lipinski definition) is 0. The monoisotopic (exact) mass is 357 g/mol. The number of hydrogen-bond acceptors (Lipinski definition) is 7. The standard InChI is InChI=1S/C19H19NO6/c1-10(2)18-17(22)13-6-7-14(11(3)19(13)25-18)24-16(21)8-5-12-9-15(23-4)20-26-12/h6-7,9H,5,8H2,1-4H3. The van der Waals surface area contributed by atoms with E-state index in [9.17, 15) is 9.59 Å². The van der Waals surface area contributed by atoms with E-state index in [0.717, 1.165) is 5.57 Å². The highest BCUT2D eigenvalue weighted by Gasteiger charge is 2.31. The van der Waals surface area contributed by atoms with E-state index in [4.69, 9.17) is 18.7 Å². The van der Waals surface area contributed by atoms with Gasteiger partial charge in [0.2, 0.25) is 5.78 Å². The molecule has 0 fully saturated rings. The number of nitrogens with zero attached hydrogens (tertiary/aromatic N) is 1. The third kappa shape index (κ3) is 3.33. The summed E-state index contributed by atoms with van der Waals surface area (Å²) in [5.41, 5.74) is 1.89. The number of benzene rings is 1. The molecule has 0 saturated carbocycles. The minimum atomic E-state index is -0.421. The van der Waals surface area contributed by atoms with Crippen molar-refractivity contribution in [2.24, 2.45) is 0 Å². The molecule has 0 bridgehead atoms. The molecule has 2 heterocycles. The van der Waals surface area contributed by atoms with Crippen molar-refractivity contribution in [3.8, 4) is 17.4 Å². The zero-order valence-electron chi connectivity index (χ0n) is 15.0. The molecule has 1 aromatic heterocycles. The van der Waals surface area contributed by atoms with Crippen molar-refractivity contribution in [2.75, 3.05) is 7.11 Å². The Balaban J connectivity index is 1.69. The lowest BCUT2D eigenvalue weighted by molar-refractivity contribution is -0.134. The third-order valence-electron chi connectivity index (χ3n) is 4.01. The maximum absolute atomic E-state index is 12.3. The molecule has 0 N–H and O–H groups in total. The fourth-order valence-electron chi connectivity index (χ4n) is 2.60. The fourth-order valence-corrected chi connectivity index (χ4v) is 2.60. The largest absolute Gasteiger partial charge is 0.479 e. The SMILES string of the molecule is COc1cc(CCC(=O)Oc2ccc3c(c2C)OC(=C(C)C)C3=O)on1. The first kappa shape index (κ1) is 17.7. The molecular weight excluding hydrogens is 338 g/mol. The average molecular weight is 357 g/mol. The molecule has 0 saturated heterocycles. The van der Waals surface area contributed by atoms with Gasteiger partial charge in [0.1, 0.15) is 17.3 Å². The topological polar surface area (TPSA) is 87.9 Å². The molecule has 26 heavy (non-hydrogen) atoms. The summed E-state index contributed by atoms with van der Waals surface area (Å²) < 4.78 is 21.1. The Morgan fingerprint density at radius 2 is 2.04 bits per heavy atom. The van der Waals surface area contributed by atoms with E-state index in [-0.39, 0.29) is 12.2 Å². The number of ether oxygens (including phenoxy) is 3. The van der Waals surface area contributed by atoms with Crippen LogP contribution < -0.4 is 14.2 Å². The predicted molar refractivity (Wildman–Crippen MR) is 91.5 cm³/mol. The van der Waals surface area contributed by atoms with Crippen LogP contribution in [-0.4, -0.2) is 24.0 Å². The highest BCUT2D eigenvalue weighted by Crippen LogP contribution is 2.39. The highest BCUT2D eigenvalue weighted by molar-refractivity contribution is 6.13. The van der Waals surface area contributed by atoms with Crippen molar-refractivity contribution in [3.05, 3.63) is 46.4 Å². The van der Waals surface area contributed by atoms with Gasteiger partial charge in [0, 0.05) is 18.1 Å². The lowest BCUT2D eigenvalue weighted by Crippen LogP contribution is -2.10. The summed E-state index contributed by atoms with van der Waals surface area (Å²) in [6.45, 7) is 5.38. The summed E-state index contributed by atoms with van der Waals surface area (Å²) >= 11 is 0. The van der Waals surface area contributed by atoms with E-state index in [1.807, 2.05) is 13.8 Å². The van der Waals surface area contributed by atoms with Gasteiger partial charge in [0.15, 0.2) is 5.76 Å². The van der Waals surface area contributed by atoms with Crippen molar-refractivity contribution in [2.45, 2.75) is 33.6 Å². The number of methoxy groups -OCH3 is 1. The van der Waals surface area contributed by atoms with Gasteiger partial charge in [-0.25, -0.2) is 0 Å². The van der Waals surface area contributed by atoms with Crippen LogP contribution in [0.5, 0.6) is 17.4 Å². The van der Waals surface area contributed by atoms with Gasteiger partial charge >= 0.3 is 5.97 Å². The zero-order chi connectivity index (χ0) is 18.8. The number of rotatable bonds is 5. The molecule has 0 amide bonds. The van der Waals surface area contributed by atoms with Gasteiger partial charge < -0.3 is 18.7 Å². The molecule has 1 aromatic carbocycles. The van der Waals surface area contributed by atoms with Gasteiger partial charge in [0.05, 0.1) is 19.1 Å². The van der Waals surface area contributed by atoms with Gasteiger partial charge in [-0.3, -0.25) is 9.59 Å². The first-order chi connectivity index (χ1) is 12.4. The number of ketones is 1. The Morgan fingerprint density at radius 1 is 1.27 bits per heavy atom. The van der Waals surface area contributed by atoms with E-state index >= 15 is 0 Å². The summed E-state index contributed by atoms with van der Waals surface area (Å²) in [6.07, 6.45) is 0.462. The van der Waals surface area contributed by atoms with Gasteiger partial charge in [-0.15, -0.1) is 0 Å². The molecule has 0 radical (unpaired) electrons. The summed E-state index contributed by atoms with van der Waals surface area (Å²) in [6, 6.07) is 4.84. The molecular formula is C19H19NO6. The van der Waals surface area contributed by atoms with E-state index in [0.29, 0.717) is 46.4 Å². The van der Waals surface area contributed by atoms with Crippen LogP contribution >= 0.6 is 0 Å². The quantitative estimate of drug-likeness (QED) is 0.460. The smallest absolute Gasteiger partial charge is 0.311 e. The Morgan fingerprint density at radius 3 is 2.69 bits per heavy atom. The third-order valence-corrected chi connectivity index (χ3v) is 4.01. The number of carbonyl (C=O) groups excluding carboxylic acids is 2. The second-order valence-electron chi connectivity index (χ2n) is 6.14. The molecule has 7 heteroatoms. The van der Waals surface area contributed by atoms with E-state index in [1.165, 1.54) is 7.11 Å². The number of Topliss-reactive ketones (excluding diaryl/α,β-unsaturated/α-hetero) is 1. The van der Waals surface area contributed by atoms with Crippen LogP contribution in [0.4, 0.5) is 0 Å². The summed E-state index contributed by atoms with van der Waals surface area (Å²) in [4.78, 5) is 24.4. The van der Waals surface area contributed by atoms with E-state index < -0.39 is 5.97 Å². The number of carbonyl (C=O) groups is 2. The van der Waals surface area contributed by atoms with E-state index in [1.54, 1.807) is 25.1 Å². The molecule has 136 valence electrons. The van der Waals surface area contributed by atoms with Gasteiger partial charge in [-0.2, -0.15) is 0 Å². The molecule has 0 atom stereocenters. The van der Waals surface area contributed by atoms with Gasteiger partial charge in [0.25, 0.3) is 5.88 Å². The number of aryl methyl sites for hydroxylation is 1. The van der Waals surface area contributed by atoms with Crippen molar-refractivity contribution in [1.82, 2.24) is 5.16 Å². The fraction of sp³-hybridized carbons (Fsp3) is 0.316. The Labute approximate surface area is 150 Å². The van der Waals surface area contributed by atoms with Crippen LogP contribution in [0.15, 0.2) is 34.1 Å². The minimum absolute atomic E-state index is 0.119.